The van der Waals surface area contributed by atoms with Crippen LogP contribution in [0.5, 0.6) is 11.6 Å². The van der Waals surface area contributed by atoms with E-state index >= 15 is 0 Å². The number of anilines is 1. The number of hydrogen-bond acceptors (Lipinski definition) is 6. The zero-order valence-electron chi connectivity index (χ0n) is 24.7. The molecule has 4 aromatic rings. The number of methoxy groups -OCH3 is 2. The molecule has 1 aromatic heterocycles. The van der Waals surface area contributed by atoms with Crippen LogP contribution in [-0.2, 0) is 11.3 Å². The lowest BCUT2D eigenvalue weighted by Gasteiger charge is -2.16. The highest BCUT2D eigenvalue weighted by Crippen LogP contribution is 2.43. The molecule has 1 amide bonds. The summed E-state index contributed by atoms with van der Waals surface area (Å²) in [4.78, 5) is 20.2. The van der Waals surface area contributed by atoms with Crippen molar-refractivity contribution in [3.63, 3.8) is 0 Å². The fraction of sp³-hybridized carbons (Fsp3) is 0.242. The molecular formula is C33H34Cl2N6O3. The molecule has 0 radical (unpaired) electrons. The maximum atomic E-state index is 11.5. The van der Waals surface area contributed by atoms with E-state index in [9.17, 15) is 4.79 Å². The molecule has 0 unspecified atom stereocenters. The number of carbonyl (C=O) groups is 1. The number of nitrogens with zero attached hydrogens (tertiary/aromatic N) is 2. The van der Waals surface area contributed by atoms with E-state index in [2.05, 4.69) is 20.9 Å². The minimum atomic E-state index is 0.101. The van der Waals surface area contributed by atoms with Gasteiger partial charge in [0.1, 0.15) is 5.75 Å². The Morgan fingerprint density at radius 3 is 2.36 bits per heavy atom. The van der Waals surface area contributed by atoms with Crippen molar-refractivity contribution in [1.29, 1.82) is 0 Å². The molecule has 1 fully saturated rings. The first-order valence-corrected chi connectivity index (χ1v) is 14.9. The summed E-state index contributed by atoms with van der Waals surface area (Å²) in [7, 11) is 4.80. The topological polar surface area (TPSA) is 123 Å². The van der Waals surface area contributed by atoms with Crippen LogP contribution in [0.1, 0.15) is 18.4 Å². The number of ether oxygens (including phenoxy) is 2. The smallest absolute Gasteiger partial charge is 0.220 e. The van der Waals surface area contributed by atoms with Gasteiger partial charge in [0.25, 0.3) is 0 Å². The van der Waals surface area contributed by atoms with Gasteiger partial charge in [0.05, 0.1) is 35.6 Å². The van der Waals surface area contributed by atoms with Crippen LogP contribution in [0.4, 0.5) is 5.69 Å². The summed E-state index contributed by atoms with van der Waals surface area (Å²) in [6.45, 7) is 1.24. The Hall–Kier alpha value is -4.31. The summed E-state index contributed by atoms with van der Waals surface area (Å²) in [6, 6.07) is 21.4. The Kier molecular flexibility index (Phi) is 9.89. The van der Waals surface area contributed by atoms with Crippen molar-refractivity contribution in [1.82, 2.24) is 15.6 Å². The number of pyridine rings is 1. The second kappa shape index (κ2) is 14.0. The van der Waals surface area contributed by atoms with Gasteiger partial charge < -0.3 is 31.2 Å². The van der Waals surface area contributed by atoms with Crippen LogP contribution in [0, 0.1) is 0 Å². The van der Waals surface area contributed by atoms with Crippen molar-refractivity contribution in [2.75, 3.05) is 33.1 Å². The van der Waals surface area contributed by atoms with E-state index in [0.717, 1.165) is 39.8 Å². The van der Waals surface area contributed by atoms with Crippen LogP contribution >= 0.6 is 23.2 Å². The van der Waals surface area contributed by atoms with Crippen molar-refractivity contribution < 1.29 is 14.3 Å². The SMILES string of the molecule is CN=C(N)Nc1ccc(-c2cccc(-c3cccc(-c4ccc(CNC[C@@H]5CCC(=O)N5)c(OC)n4)c3Cl)c2Cl)cc1OC. The molecule has 5 N–H and O–H groups in total. The summed E-state index contributed by atoms with van der Waals surface area (Å²) >= 11 is 14.1. The van der Waals surface area contributed by atoms with E-state index in [4.69, 9.17) is 43.4 Å². The van der Waals surface area contributed by atoms with Crippen LogP contribution in [0.2, 0.25) is 10.0 Å². The molecule has 0 spiro atoms. The maximum Gasteiger partial charge on any atom is 0.220 e. The van der Waals surface area contributed by atoms with Gasteiger partial charge in [0.2, 0.25) is 11.8 Å². The molecule has 1 aliphatic rings. The molecule has 44 heavy (non-hydrogen) atoms. The average Bonchev–Trinajstić information content (AvgIpc) is 3.46. The number of hydrogen-bond donors (Lipinski definition) is 4. The Bertz CT molecular complexity index is 1710. The van der Waals surface area contributed by atoms with Crippen LogP contribution in [0.3, 0.4) is 0 Å². The van der Waals surface area contributed by atoms with E-state index in [1.807, 2.05) is 66.7 Å². The molecule has 0 bridgehead atoms. The fourth-order valence-electron chi connectivity index (χ4n) is 5.20. The molecule has 11 heteroatoms. The number of rotatable bonds is 10. The zero-order valence-corrected chi connectivity index (χ0v) is 26.2. The lowest BCUT2D eigenvalue weighted by molar-refractivity contribution is -0.119. The third-order valence-electron chi connectivity index (χ3n) is 7.50. The van der Waals surface area contributed by atoms with E-state index in [1.54, 1.807) is 21.3 Å². The summed E-state index contributed by atoms with van der Waals surface area (Å²) in [5.41, 5.74) is 12.1. The molecule has 1 atom stereocenters. The highest BCUT2D eigenvalue weighted by molar-refractivity contribution is 6.39. The molecule has 5 rings (SSSR count). The lowest BCUT2D eigenvalue weighted by Crippen LogP contribution is -2.35. The Labute approximate surface area is 266 Å². The van der Waals surface area contributed by atoms with E-state index in [0.29, 0.717) is 52.6 Å². The number of halogens is 2. The fourth-order valence-corrected chi connectivity index (χ4v) is 5.86. The largest absolute Gasteiger partial charge is 0.495 e. The van der Waals surface area contributed by atoms with Crippen molar-refractivity contribution in [2.45, 2.75) is 25.4 Å². The lowest BCUT2D eigenvalue weighted by atomic mass is 9.96. The average molecular weight is 634 g/mol. The quantitative estimate of drug-likeness (QED) is 0.122. The monoisotopic (exact) mass is 632 g/mol. The molecular weight excluding hydrogens is 599 g/mol. The molecule has 2 heterocycles. The third kappa shape index (κ3) is 6.75. The van der Waals surface area contributed by atoms with Crippen molar-refractivity contribution >= 4 is 40.8 Å². The molecule has 0 aliphatic carbocycles. The Morgan fingerprint density at radius 2 is 1.70 bits per heavy atom. The van der Waals surface area contributed by atoms with Gasteiger partial charge in [-0.15, -0.1) is 0 Å². The first kappa shape index (κ1) is 31.1. The number of aromatic nitrogens is 1. The van der Waals surface area contributed by atoms with Crippen molar-refractivity contribution in [3.05, 3.63) is 82.3 Å². The minimum Gasteiger partial charge on any atom is -0.495 e. The summed E-state index contributed by atoms with van der Waals surface area (Å²) in [6.07, 6.45) is 1.41. The van der Waals surface area contributed by atoms with E-state index < -0.39 is 0 Å². The van der Waals surface area contributed by atoms with Crippen molar-refractivity contribution in [2.24, 2.45) is 10.7 Å². The van der Waals surface area contributed by atoms with Gasteiger partial charge in [-0.3, -0.25) is 9.79 Å². The second-order valence-corrected chi connectivity index (χ2v) is 11.0. The Morgan fingerprint density at radius 1 is 1.00 bits per heavy atom. The number of guanidine groups is 1. The molecule has 1 saturated heterocycles. The van der Waals surface area contributed by atoms with Crippen LogP contribution < -0.4 is 31.2 Å². The van der Waals surface area contributed by atoms with Gasteiger partial charge >= 0.3 is 0 Å². The summed E-state index contributed by atoms with van der Waals surface area (Å²) in [5, 5.41) is 10.5. The number of amides is 1. The maximum absolute atomic E-state index is 11.5. The van der Waals surface area contributed by atoms with Crippen LogP contribution in [0.15, 0.2) is 71.7 Å². The first-order valence-electron chi connectivity index (χ1n) is 14.1. The molecule has 0 saturated carbocycles. The molecule has 3 aromatic carbocycles. The number of nitrogens with two attached hydrogens (primary N) is 1. The van der Waals surface area contributed by atoms with E-state index in [1.165, 1.54) is 0 Å². The highest BCUT2D eigenvalue weighted by Gasteiger charge is 2.21. The number of carbonyl (C=O) groups excluding carboxylic acids is 1. The normalized spacial score (nSPS) is 14.8. The predicted molar refractivity (Wildman–Crippen MR) is 178 cm³/mol. The number of aliphatic imine (C=N–C) groups is 1. The van der Waals surface area contributed by atoms with Gasteiger partial charge in [0.15, 0.2) is 5.96 Å². The minimum absolute atomic E-state index is 0.101. The van der Waals surface area contributed by atoms with Gasteiger partial charge in [0, 0.05) is 60.4 Å². The number of benzene rings is 3. The van der Waals surface area contributed by atoms with Gasteiger partial charge in [-0.1, -0.05) is 71.7 Å². The van der Waals surface area contributed by atoms with Crippen LogP contribution in [0.25, 0.3) is 33.5 Å². The van der Waals surface area contributed by atoms with E-state index in [-0.39, 0.29) is 17.9 Å². The van der Waals surface area contributed by atoms with Crippen molar-refractivity contribution in [3.8, 4) is 45.1 Å². The van der Waals surface area contributed by atoms with Gasteiger partial charge in [-0.05, 0) is 30.2 Å². The predicted octanol–water partition coefficient (Wildman–Crippen LogP) is 6.13. The standard InChI is InChI=1S/C33H34Cl2N6O3/c1-37-33(36)41-27-14-10-19(16-28(27)43-2)22-6-4-7-23(30(22)34)24-8-5-9-25(31(24)35)26-13-11-20(32(40-26)44-3)17-38-18-21-12-15-29(42)39-21/h4-11,13-14,16,21,38H,12,15,17-18H2,1-3H3,(H,39,42)(H3,36,37,41)/t21-/m0/s1. The molecule has 228 valence electrons. The van der Waals surface area contributed by atoms with Gasteiger partial charge in [-0.25, -0.2) is 4.98 Å². The number of nitrogens with one attached hydrogen (secondary N) is 3. The molecule has 9 nitrogen and oxygen atoms in total. The Balaban J connectivity index is 1.42. The van der Waals surface area contributed by atoms with Gasteiger partial charge in [-0.2, -0.15) is 0 Å². The zero-order chi connectivity index (χ0) is 31.2. The first-order chi connectivity index (χ1) is 21.3. The second-order valence-electron chi connectivity index (χ2n) is 10.3. The van der Waals surface area contributed by atoms with Crippen LogP contribution in [-0.4, -0.2) is 50.7 Å². The summed E-state index contributed by atoms with van der Waals surface area (Å²) in [5.74, 6) is 1.48. The summed E-state index contributed by atoms with van der Waals surface area (Å²) < 4.78 is 11.2. The third-order valence-corrected chi connectivity index (χ3v) is 8.32. The highest BCUT2D eigenvalue weighted by atomic mass is 35.5. The molecule has 1 aliphatic heterocycles.